The molecule has 2 heterocycles. The number of aryl methyl sites for hydroxylation is 2. The Balaban J connectivity index is 2.34. The van der Waals surface area contributed by atoms with Gasteiger partial charge in [0.15, 0.2) is 10.8 Å². The SMILES string of the molecule is CCc1cnc(-c2nc(C)c(CCl)s2)nc1. The second-order valence-corrected chi connectivity index (χ2v) is 4.78. The minimum Gasteiger partial charge on any atom is -0.238 e. The molecular weight excluding hydrogens is 242 g/mol. The van der Waals surface area contributed by atoms with E-state index in [0.717, 1.165) is 27.6 Å². The first-order valence-corrected chi connectivity index (χ1v) is 6.43. The van der Waals surface area contributed by atoms with Crippen LogP contribution in [0.5, 0.6) is 0 Å². The number of hydrogen-bond acceptors (Lipinski definition) is 4. The maximum Gasteiger partial charge on any atom is 0.188 e. The minimum atomic E-state index is 0.497. The lowest BCUT2D eigenvalue weighted by Crippen LogP contribution is -1.90. The predicted molar refractivity (Wildman–Crippen MR) is 66.8 cm³/mol. The summed E-state index contributed by atoms with van der Waals surface area (Å²) in [5.41, 5.74) is 2.10. The maximum absolute atomic E-state index is 5.81. The van der Waals surface area contributed by atoms with Crippen LogP contribution in [0.3, 0.4) is 0 Å². The summed E-state index contributed by atoms with van der Waals surface area (Å²) in [6, 6.07) is 0. The van der Waals surface area contributed by atoms with Crippen LogP contribution < -0.4 is 0 Å². The molecule has 3 nitrogen and oxygen atoms in total. The first-order chi connectivity index (χ1) is 7.74. The van der Waals surface area contributed by atoms with E-state index in [0.29, 0.717) is 11.7 Å². The number of hydrogen-bond donors (Lipinski definition) is 0. The normalized spacial score (nSPS) is 10.7. The molecule has 0 aliphatic rings. The highest BCUT2D eigenvalue weighted by molar-refractivity contribution is 7.15. The van der Waals surface area contributed by atoms with Crippen LogP contribution >= 0.6 is 22.9 Å². The van der Waals surface area contributed by atoms with Crippen molar-refractivity contribution in [2.24, 2.45) is 0 Å². The van der Waals surface area contributed by atoms with Crippen LogP contribution in [0.1, 0.15) is 23.1 Å². The van der Waals surface area contributed by atoms with Crippen LogP contribution in [0.2, 0.25) is 0 Å². The van der Waals surface area contributed by atoms with Crippen LogP contribution in [0.4, 0.5) is 0 Å². The molecule has 0 amide bonds. The van der Waals surface area contributed by atoms with Crippen LogP contribution in [-0.2, 0) is 12.3 Å². The molecule has 0 unspecified atom stereocenters. The first kappa shape index (κ1) is 11.5. The molecule has 2 aromatic heterocycles. The lowest BCUT2D eigenvalue weighted by atomic mass is 10.3. The van der Waals surface area contributed by atoms with E-state index in [4.69, 9.17) is 11.6 Å². The predicted octanol–water partition coefficient (Wildman–Crippen LogP) is 3.21. The molecule has 0 atom stereocenters. The fourth-order valence-corrected chi connectivity index (χ4v) is 2.51. The van der Waals surface area contributed by atoms with E-state index in [1.54, 1.807) is 11.3 Å². The third kappa shape index (κ3) is 2.23. The number of rotatable bonds is 3. The van der Waals surface area contributed by atoms with Gasteiger partial charge < -0.3 is 0 Å². The molecule has 0 spiro atoms. The smallest absolute Gasteiger partial charge is 0.188 e. The van der Waals surface area contributed by atoms with Crippen molar-refractivity contribution in [1.82, 2.24) is 15.0 Å². The monoisotopic (exact) mass is 253 g/mol. The number of halogens is 1. The van der Waals surface area contributed by atoms with E-state index >= 15 is 0 Å². The molecule has 2 rings (SSSR count). The van der Waals surface area contributed by atoms with E-state index < -0.39 is 0 Å². The van der Waals surface area contributed by atoms with Crippen LogP contribution in [0.15, 0.2) is 12.4 Å². The highest BCUT2D eigenvalue weighted by Gasteiger charge is 2.10. The van der Waals surface area contributed by atoms with Crippen molar-refractivity contribution in [2.45, 2.75) is 26.1 Å². The van der Waals surface area contributed by atoms with Crippen LogP contribution in [-0.4, -0.2) is 15.0 Å². The van der Waals surface area contributed by atoms with Gasteiger partial charge in [-0.1, -0.05) is 6.92 Å². The van der Waals surface area contributed by atoms with Gasteiger partial charge in [0.1, 0.15) is 0 Å². The first-order valence-electron chi connectivity index (χ1n) is 5.08. The van der Waals surface area contributed by atoms with Gasteiger partial charge in [-0.3, -0.25) is 0 Å². The van der Waals surface area contributed by atoms with Gasteiger partial charge in [0, 0.05) is 17.3 Å². The Morgan fingerprint density at radius 1 is 1.31 bits per heavy atom. The zero-order valence-corrected chi connectivity index (χ0v) is 10.8. The summed E-state index contributed by atoms with van der Waals surface area (Å²) in [5.74, 6) is 1.18. The van der Waals surface area contributed by atoms with Crippen molar-refractivity contribution in [2.75, 3.05) is 0 Å². The topological polar surface area (TPSA) is 38.7 Å². The van der Waals surface area contributed by atoms with Gasteiger partial charge in [0.25, 0.3) is 0 Å². The third-order valence-electron chi connectivity index (χ3n) is 2.32. The number of thiazole rings is 1. The summed E-state index contributed by atoms with van der Waals surface area (Å²) in [6.45, 7) is 4.04. The molecule has 84 valence electrons. The summed E-state index contributed by atoms with van der Waals surface area (Å²) >= 11 is 7.37. The van der Waals surface area contributed by atoms with E-state index in [1.165, 1.54) is 0 Å². The molecule has 0 radical (unpaired) electrons. The Morgan fingerprint density at radius 3 is 2.50 bits per heavy atom. The summed E-state index contributed by atoms with van der Waals surface area (Å²) < 4.78 is 0. The zero-order valence-electron chi connectivity index (χ0n) is 9.20. The second kappa shape index (κ2) is 4.89. The average Bonchev–Trinajstić information content (AvgIpc) is 2.71. The van der Waals surface area contributed by atoms with E-state index in [-0.39, 0.29) is 0 Å². The molecule has 0 saturated carbocycles. The van der Waals surface area contributed by atoms with Crippen molar-refractivity contribution in [3.05, 3.63) is 28.5 Å². The largest absolute Gasteiger partial charge is 0.238 e. The van der Waals surface area contributed by atoms with Crippen molar-refractivity contribution in [1.29, 1.82) is 0 Å². The van der Waals surface area contributed by atoms with Gasteiger partial charge >= 0.3 is 0 Å². The van der Waals surface area contributed by atoms with E-state index in [1.807, 2.05) is 19.3 Å². The van der Waals surface area contributed by atoms with Gasteiger partial charge in [-0.25, -0.2) is 15.0 Å². The molecule has 0 aliphatic carbocycles. The average molecular weight is 254 g/mol. The third-order valence-corrected chi connectivity index (χ3v) is 3.90. The number of alkyl halides is 1. The molecule has 2 aromatic rings. The Morgan fingerprint density at radius 2 is 2.00 bits per heavy atom. The molecule has 0 fully saturated rings. The van der Waals surface area contributed by atoms with Gasteiger partial charge in [-0.2, -0.15) is 0 Å². The van der Waals surface area contributed by atoms with Crippen LogP contribution in [0.25, 0.3) is 10.8 Å². The second-order valence-electron chi connectivity index (χ2n) is 3.43. The summed E-state index contributed by atoms with van der Waals surface area (Å²) in [5, 5.41) is 0.843. The van der Waals surface area contributed by atoms with Crippen molar-refractivity contribution < 1.29 is 0 Å². The summed E-state index contributed by atoms with van der Waals surface area (Å²) in [6.07, 6.45) is 4.64. The van der Waals surface area contributed by atoms with E-state index in [9.17, 15) is 0 Å². The molecule has 0 aliphatic heterocycles. The quantitative estimate of drug-likeness (QED) is 0.789. The lowest BCUT2D eigenvalue weighted by Gasteiger charge is -1.96. The van der Waals surface area contributed by atoms with Crippen LogP contribution in [0, 0.1) is 6.92 Å². The Bertz CT molecular complexity index is 478. The van der Waals surface area contributed by atoms with Gasteiger partial charge in [0.05, 0.1) is 11.6 Å². The Labute approximate surface area is 104 Å². The fraction of sp³-hybridized carbons (Fsp3) is 0.364. The van der Waals surface area contributed by atoms with Gasteiger partial charge in [0.2, 0.25) is 0 Å². The van der Waals surface area contributed by atoms with Gasteiger partial charge in [-0.15, -0.1) is 22.9 Å². The number of nitrogens with zero attached hydrogens (tertiary/aromatic N) is 3. The zero-order chi connectivity index (χ0) is 11.5. The Kier molecular flexibility index (Phi) is 3.51. The number of aromatic nitrogens is 3. The minimum absolute atomic E-state index is 0.497. The molecule has 5 heteroatoms. The van der Waals surface area contributed by atoms with Crippen molar-refractivity contribution in [3.63, 3.8) is 0 Å². The van der Waals surface area contributed by atoms with Gasteiger partial charge in [-0.05, 0) is 18.9 Å². The summed E-state index contributed by atoms with van der Waals surface area (Å²) in [4.78, 5) is 14.1. The standard InChI is InChI=1S/C11H12ClN3S/c1-3-8-5-13-10(14-6-8)11-15-7(2)9(4-12)16-11/h5-6H,3-4H2,1-2H3. The van der Waals surface area contributed by atoms with Crippen molar-refractivity contribution >= 4 is 22.9 Å². The fourth-order valence-electron chi connectivity index (χ4n) is 1.30. The maximum atomic E-state index is 5.81. The highest BCUT2D eigenvalue weighted by atomic mass is 35.5. The lowest BCUT2D eigenvalue weighted by molar-refractivity contribution is 1.04. The molecular formula is C11H12ClN3S. The Hall–Kier alpha value is -1.00. The molecule has 16 heavy (non-hydrogen) atoms. The van der Waals surface area contributed by atoms with Crippen molar-refractivity contribution in [3.8, 4) is 10.8 Å². The molecule has 0 saturated heterocycles. The highest BCUT2D eigenvalue weighted by Crippen LogP contribution is 2.26. The summed E-state index contributed by atoms with van der Waals surface area (Å²) in [7, 11) is 0. The van der Waals surface area contributed by atoms with E-state index in [2.05, 4.69) is 21.9 Å². The molecule has 0 N–H and O–H groups in total. The molecule has 0 aromatic carbocycles. The molecule has 0 bridgehead atoms.